The second kappa shape index (κ2) is 3.20. The highest BCUT2D eigenvalue weighted by Gasteiger charge is 2.41. The minimum atomic E-state index is -0.276. The van der Waals surface area contributed by atoms with E-state index in [-0.39, 0.29) is 17.9 Å². The van der Waals surface area contributed by atoms with Crippen LogP contribution in [-0.4, -0.2) is 23.8 Å². The average molecular weight is 228 g/mol. The molecule has 0 aromatic heterocycles. The molecule has 0 saturated heterocycles. The number of amides is 2. The summed E-state index contributed by atoms with van der Waals surface area (Å²) in [6.45, 7) is 1.81. The van der Waals surface area contributed by atoms with Crippen LogP contribution in [0.4, 0.5) is 4.79 Å². The second-order valence-corrected chi connectivity index (χ2v) is 4.36. The molecule has 3 rings (SSSR count). The lowest BCUT2D eigenvalue weighted by Gasteiger charge is -2.30. The lowest BCUT2D eigenvalue weighted by Crippen LogP contribution is -2.43. The van der Waals surface area contributed by atoms with Gasteiger partial charge in [-0.25, -0.2) is 4.79 Å². The van der Waals surface area contributed by atoms with Gasteiger partial charge in [0, 0.05) is 23.9 Å². The number of nitrogens with one attached hydrogen (secondary N) is 1. The van der Waals surface area contributed by atoms with Crippen molar-refractivity contribution >= 4 is 11.8 Å². The van der Waals surface area contributed by atoms with Crippen molar-refractivity contribution in [1.82, 2.24) is 10.2 Å². The predicted molar refractivity (Wildman–Crippen MR) is 62.5 cm³/mol. The fourth-order valence-corrected chi connectivity index (χ4v) is 2.46. The van der Waals surface area contributed by atoms with E-state index in [0.717, 1.165) is 11.3 Å². The molecule has 4 heteroatoms. The standard InChI is InChI=1S/C13H12N2O2/c1-7-10-11(14-13(17)15(7)2)8-5-3-4-6-9(8)12(10)16/h3-6,11H,1-2H3,(H,14,17). The smallest absolute Gasteiger partial charge is 0.322 e. The number of benzene rings is 1. The Hall–Kier alpha value is -2.10. The second-order valence-electron chi connectivity index (χ2n) is 4.36. The third-order valence-corrected chi connectivity index (χ3v) is 3.52. The van der Waals surface area contributed by atoms with Crippen LogP contribution in [-0.2, 0) is 0 Å². The summed E-state index contributed by atoms with van der Waals surface area (Å²) in [4.78, 5) is 25.5. The number of Topliss-reactive ketones (excluding diaryl/α,β-unsaturated/α-hetero) is 1. The highest BCUT2D eigenvalue weighted by Crippen LogP contribution is 2.39. The molecule has 1 aromatic carbocycles. The molecular weight excluding hydrogens is 216 g/mol. The SMILES string of the molecule is CC1=C2C(=O)c3ccccc3C2NC(=O)N1C. The molecule has 1 aliphatic heterocycles. The predicted octanol–water partition coefficient (Wildman–Crippen LogP) is 1.85. The molecule has 4 nitrogen and oxygen atoms in total. The Morgan fingerprint density at radius 1 is 1.24 bits per heavy atom. The van der Waals surface area contributed by atoms with Crippen LogP contribution in [0.3, 0.4) is 0 Å². The van der Waals surface area contributed by atoms with E-state index in [2.05, 4.69) is 5.32 Å². The molecule has 1 aliphatic carbocycles. The number of allylic oxidation sites excluding steroid dienone is 1. The lowest BCUT2D eigenvalue weighted by molar-refractivity contribution is 0.103. The summed E-state index contributed by atoms with van der Waals surface area (Å²) >= 11 is 0. The van der Waals surface area contributed by atoms with Gasteiger partial charge in [0.25, 0.3) is 0 Å². The molecule has 1 heterocycles. The zero-order valence-corrected chi connectivity index (χ0v) is 9.65. The van der Waals surface area contributed by atoms with E-state index in [1.54, 1.807) is 7.05 Å². The largest absolute Gasteiger partial charge is 0.327 e. The van der Waals surface area contributed by atoms with Gasteiger partial charge in [-0.15, -0.1) is 0 Å². The average Bonchev–Trinajstić information content (AvgIpc) is 2.61. The number of fused-ring (bicyclic) bond motifs is 3. The number of hydrogen-bond acceptors (Lipinski definition) is 2. The third kappa shape index (κ3) is 1.18. The van der Waals surface area contributed by atoms with Crippen molar-refractivity contribution in [3.8, 4) is 0 Å². The van der Waals surface area contributed by atoms with Gasteiger partial charge >= 0.3 is 6.03 Å². The van der Waals surface area contributed by atoms with E-state index in [1.165, 1.54) is 4.90 Å². The summed E-state index contributed by atoms with van der Waals surface area (Å²) < 4.78 is 0. The molecule has 2 amide bonds. The van der Waals surface area contributed by atoms with Gasteiger partial charge < -0.3 is 10.2 Å². The van der Waals surface area contributed by atoms with E-state index < -0.39 is 0 Å². The monoisotopic (exact) mass is 228 g/mol. The van der Waals surface area contributed by atoms with Gasteiger partial charge in [-0.2, -0.15) is 0 Å². The minimum absolute atomic E-state index is 0.0231. The number of urea groups is 1. The number of carbonyl (C=O) groups is 2. The van der Waals surface area contributed by atoms with Gasteiger partial charge in [0.15, 0.2) is 5.78 Å². The quantitative estimate of drug-likeness (QED) is 0.736. The summed E-state index contributed by atoms with van der Waals surface area (Å²) in [5.74, 6) is 0.0231. The van der Waals surface area contributed by atoms with Crippen LogP contribution in [0.2, 0.25) is 0 Å². The Bertz CT molecular complexity index is 575. The van der Waals surface area contributed by atoms with Crippen LogP contribution in [0.25, 0.3) is 0 Å². The molecule has 1 aromatic rings. The Morgan fingerprint density at radius 3 is 2.71 bits per heavy atom. The van der Waals surface area contributed by atoms with Crippen molar-refractivity contribution in [3.05, 3.63) is 46.7 Å². The normalized spacial score (nSPS) is 22.5. The third-order valence-electron chi connectivity index (χ3n) is 3.52. The number of rotatable bonds is 0. The summed E-state index contributed by atoms with van der Waals surface area (Å²) in [6, 6.07) is 6.99. The first-order valence-corrected chi connectivity index (χ1v) is 5.50. The topological polar surface area (TPSA) is 49.4 Å². The molecule has 0 spiro atoms. The fraction of sp³-hybridized carbons (Fsp3) is 0.231. The van der Waals surface area contributed by atoms with Gasteiger partial charge in [0.05, 0.1) is 6.04 Å². The van der Waals surface area contributed by atoms with Crippen molar-refractivity contribution in [2.75, 3.05) is 7.05 Å². The number of ketones is 1. The van der Waals surface area contributed by atoms with Gasteiger partial charge in [-0.3, -0.25) is 4.79 Å². The molecule has 1 N–H and O–H groups in total. The Kier molecular flexibility index (Phi) is 1.90. The van der Waals surface area contributed by atoms with Gasteiger partial charge in [-0.1, -0.05) is 24.3 Å². The highest BCUT2D eigenvalue weighted by molar-refractivity contribution is 6.15. The van der Waals surface area contributed by atoms with Crippen molar-refractivity contribution in [1.29, 1.82) is 0 Å². The molecule has 0 fully saturated rings. The van der Waals surface area contributed by atoms with Crippen LogP contribution < -0.4 is 5.32 Å². The van der Waals surface area contributed by atoms with Crippen molar-refractivity contribution in [3.63, 3.8) is 0 Å². The molecule has 2 aliphatic rings. The molecule has 17 heavy (non-hydrogen) atoms. The van der Waals surface area contributed by atoms with E-state index in [4.69, 9.17) is 0 Å². The molecule has 1 unspecified atom stereocenters. The van der Waals surface area contributed by atoms with Gasteiger partial charge in [-0.05, 0) is 12.5 Å². The zero-order valence-electron chi connectivity index (χ0n) is 9.65. The Balaban J connectivity index is 2.25. The highest BCUT2D eigenvalue weighted by atomic mass is 16.2. The van der Waals surface area contributed by atoms with E-state index in [0.29, 0.717) is 11.1 Å². The molecule has 86 valence electrons. The maximum absolute atomic E-state index is 12.3. The number of carbonyl (C=O) groups excluding carboxylic acids is 2. The Morgan fingerprint density at radius 2 is 1.94 bits per heavy atom. The van der Waals surface area contributed by atoms with Crippen LogP contribution in [0.1, 0.15) is 28.9 Å². The summed E-state index contributed by atoms with van der Waals surface area (Å²) in [5.41, 5.74) is 3.02. The maximum atomic E-state index is 12.3. The zero-order chi connectivity index (χ0) is 12.2. The summed E-state index contributed by atoms with van der Waals surface area (Å²) in [6.07, 6.45) is 0. The molecule has 1 atom stereocenters. The maximum Gasteiger partial charge on any atom is 0.322 e. The number of nitrogens with zero attached hydrogens (tertiary/aromatic N) is 1. The van der Waals surface area contributed by atoms with Gasteiger partial charge in [0.2, 0.25) is 0 Å². The van der Waals surface area contributed by atoms with Crippen LogP contribution in [0.5, 0.6) is 0 Å². The molecular formula is C13H12N2O2. The van der Waals surface area contributed by atoms with E-state index in [1.807, 2.05) is 31.2 Å². The van der Waals surface area contributed by atoms with E-state index in [9.17, 15) is 9.59 Å². The van der Waals surface area contributed by atoms with Crippen LogP contribution in [0, 0.1) is 0 Å². The van der Waals surface area contributed by atoms with Crippen molar-refractivity contribution in [2.24, 2.45) is 0 Å². The fourth-order valence-electron chi connectivity index (χ4n) is 2.46. The molecule has 0 radical (unpaired) electrons. The first-order chi connectivity index (χ1) is 8.11. The van der Waals surface area contributed by atoms with E-state index >= 15 is 0 Å². The van der Waals surface area contributed by atoms with Crippen LogP contribution in [0.15, 0.2) is 35.5 Å². The first kappa shape index (κ1) is 10.1. The van der Waals surface area contributed by atoms with Gasteiger partial charge in [0.1, 0.15) is 0 Å². The molecule has 0 bridgehead atoms. The first-order valence-electron chi connectivity index (χ1n) is 5.50. The number of hydrogen-bond donors (Lipinski definition) is 1. The van der Waals surface area contributed by atoms with Crippen molar-refractivity contribution in [2.45, 2.75) is 13.0 Å². The van der Waals surface area contributed by atoms with Crippen molar-refractivity contribution < 1.29 is 9.59 Å². The molecule has 0 saturated carbocycles. The minimum Gasteiger partial charge on any atom is -0.327 e. The van der Waals surface area contributed by atoms with Crippen LogP contribution >= 0.6 is 0 Å². The Labute approximate surface area is 98.9 Å². The lowest BCUT2D eigenvalue weighted by atomic mass is 10.0. The summed E-state index contributed by atoms with van der Waals surface area (Å²) in [7, 11) is 1.67. The summed E-state index contributed by atoms with van der Waals surface area (Å²) in [5, 5.41) is 2.85.